The van der Waals surface area contributed by atoms with Crippen molar-refractivity contribution in [3.8, 4) is 17.2 Å². The quantitative estimate of drug-likeness (QED) is 0.433. The van der Waals surface area contributed by atoms with Crippen molar-refractivity contribution in [2.75, 3.05) is 31.4 Å². The topological polar surface area (TPSA) is 85.9 Å². The number of ether oxygens (including phenoxy) is 3. The van der Waals surface area contributed by atoms with E-state index in [-0.39, 0.29) is 22.8 Å². The van der Waals surface area contributed by atoms with Crippen LogP contribution in [0.25, 0.3) is 0 Å². The second-order valence-corrected chi connectivity index (χ2v) is 10.3. The summed E-state index contributed by atoms with van der Waals surface area (Å²) in [6, 6.07) is 18.2. The summed E-state index contributed by atoms with van der Waals surface area (Å²) in [7, 11) is 0.964. The van der Waals surface area contributed by atoms with Crippen LogP contribution in [0.1, 0.15) is 29.5 Å². The summed E-state index contributed by atoms with van der Waals surface area (Å²) in [4.78, 5) is 0.215. The predicted molar refractivity (Wildman–Crippen MR) is 136 cm³/mol. The van der Waals surface area contributed by atoms with Crippen molar-refractivity contribution in [1.82, 2.24) is 0 Å². The number of benzene rings is 3. The van der Waals surface area contributed by atoms with Crippen LogP contribution in [0.15, 0.2) is 77.7 Å². The number of sulfonamides is 1. The van der Waals surface area contributed by atoms with Crippen LogP contribution in [0, 0.1) is 5.92 Å². The highest BCUT2D eigenvalue weighted by Gasteiger charge is 2.38. The summed E-state index contributed by atoms with van der Waals surface area (Å²) in [5, 5.41) is 3.65. The van der Waals surface area contributed by atoms with Crippen molar-refractivity contribution in [2.45, 2.75) is 23.3 Å². The number of fused-ring (bicyclic) bond motifs is 3. The molecule has 182 valence electrons. The Hall–Kier alpha value is -3.65. The molecular weight excluding hydrogens is 464 g/mol. The summed E-state index contributed by atoms with van der Waals surface area (Å²) in [6.45, 7) is 0. The molecule has 0 bridgehead atoms. The van der Waals surface area contributed by atoms with E-state index in [4.69, 9.17) is 14.2 Å². The van der Waals surface area contributed by atoms with Crippen LogP contribution in [0.2, 0.25) is 0 Å². The normalized spacial score (nSPS) is 20.4. The Labute approximate surface area is 205 Å². The third-order valence-corrected chi connectivity index (χ3v) is 8.13. The highest BCUT2D eigenvalue weighted by Crippen LogP contribution is 2.51. The number of hydrogen-bond acceptors (Lipinski definition) is 6. The first-order valence-corrected chi connectivity index (χ1v) is 12.9. The van der Waals surface area contributed by atoms with Gasteiger partial charge in [0.2, 0.25) is 0 Å². The first kappa shape index (κ1) is 23.1. The van der Waals surface area contributed by atoms with Crippen molar-refractivity contribution in [2.24, 2.45) is 5.92 Å². The molecule has 0 fully saturated rings. The molecule has 1 heterocycles. The maximum Gasteiger partial charge on any atom is 0.262 e. The van der Waals surface area contributed by atoms with E-state index in [9.17, 15) is 8.42 Å². The van der Waals surface area contributed by atoms with Crippen molar-refractivity contribution < 1.29 is 22.6 Å². The lowest BCUT2D eigenvalue weighted by molar-refractivity contribution is 0.353. The molecule has 0 unspecified atom stereocenters. The first-order chi connectivity index (χ1) is 16.9. The number of allylic oxidation sites excluding steroid dienone is 2. The molecule has 2 aliphatic rings. The molecule has 2 N–H and O–H groups in total. The average Bonchev–Trinajstić information content (AvgIpc) is 3.38. The van der Waals surface area contributed by atoms with Gasteiger partial charge in [-0.2, -0.15) is 0 Å². The van der Waals surface area contributed by atoms with Crippen LogP contribution in [0.3, 0.4) is 0 Å². The smallest absolute Gasteiger partial charge is 0.262 e. The lowest BCUT2D eigenvalue weighted by Gasteiger charge is -2.38. The molecule has 0 aromatic heterocycles. The number of hydrogen-bond donors (Lipinski definition) is 2. The minimum atomic E-state index is -3.80. The number of methoxy groups -OCH3 is 3. The minimum Gasteiger partial charge on any atom is -0.495 e. The van der Waals surface area contributed by atoms with Crippen LogP contribution in [0.4, 0.5) is 11.4 Å². The fourth-order valence-corrected chi connectivity index (χ4v) is 6.15. The summed E-state index contributed by atoms with van der Waals surface area (Å²) in [5.74, 6) is 2.19. The van der Waals surface area contributed by atoms with Crippen molar-refractivity contribution in [3.63, 3.8) is 0 Å². The number of rotatable bonds is 7. The van der Waals surface area contributed by atoms with Crippen molar-refractivity contribution in [1.29, 1.82) is 0 Å². The van der Waals surface area contributed by atoms with E-state index in [1.807, 2.05) is 18.2 Å². The van der Waals surface area contributed by atoms with Gasteiger partial charge in [-0.25, -0.2) is 8.42 Å². The lowest BCUT2D eigenvalue weighted by Crippen LogP contribution is -2.29. The lowest BCUT2D eigenvalue weighted by atomic mass is 9.77. The van der Waals surface area contributed by atoms with Gasteiger partial charge in [0, 0.05) is 11.6 Å². The number of anilines is 2. The highest BCUT2D eigenvalue weighted by atomic mass is 32.2. The van der Waals surface area contributed by atoms with Crippen molar-refractivity contribution >= 4 is 21.4 Å². The molecule has 1 aliphatic heterocycles. The molecule has 3 atom stereocenters. The number of nitrogens with one attached hydrogen (secondary N) is 2. The fraction of sp³-hybridized carbons (Fsp3) is 0.259. The third kappa shape index (κ3) is 4.18. The van der Waals surface area contributed by atoms with Crippen LogP contribution >= 0.6 is 0 Å². The first-order valence-electron chi connectivity index (χ1n) is 11.4. The third-order valence-electron chi connectivity index (χ3n) is 6.76. The maximum atomic E-state index is 13.2. The van der Waals surface area contributed by atoms with E-state index in [1.54, 1.807) is 50.6 Å². The van der Waals surface area contributed by atoms with Gasteiger partial charge in [0.15, 0.2) is 11.5 Å². The molecule has 7 nitrogen and oxygen atoms in total. The molecule has 0 spiro atoms. The molecule has 0 amide bonds. The van der Waals surface area contributed by atoms with Gasteiger partial charge in [0.25, 0.3) is 10.0 Å². The van der Waals surface area contributed by atoms with Gasteiger partial charge in [-0.05, 0) is 65.9 Å². The van der Waals surface area contributed by atoms with E-state index in [1.165, 1.54) is 7.11 Å². The predicted octanol–water partition coefficient (Wildman–Crippen LogP) is 5.34. The number of para-hydroxylation sites is 2. The summed E-state index contributed by atoms with van der Waals surface area (Å²) < 4.78 is 45.3. The summed E-state index contributed by atoms with van der Waals surface area (Å²) >= 11 is 0. The average molecular weight is 493 g/mol. The molecule has 8 heteroatoms. The van der Waals surface area contributed by atoms with Crippen molar-refractivity contribution in [3.05, 3.63) is 83.9 Å². The van der Waals surface area contributed by atoms with Crippen LogP contribution in [-0.2, 0) is 10.0 Å². The van der Waals surface area contributed by atoms with E-state index in [0.29, 0.717) is 22.9 Å². The SMILES string of the molecule is COc1ccccc1NS(=O)(=O)c1ccc2c(c1)[C@H]1C=CC[C@H]1[C@@H](c1ccc(OC)c(OC)c1)N2. The van der Waals surface area contributed by atoms with E-state index >= 15 is 0 Å². The zero-order valence-corrected chi connectivity index (χ0v) is 20.6. The molecular formula is C27H28N2O5S. The van der Waals surface area contributed by atoms with E-state index < -0.39 is 10.0 Å². The minimum absolute atomic E-state index is 0.0523. The zero-order chi connectivity index (χ0) is 24.6. The molecule has 0 saturated heterocycles. The Bertz CT molecular complexity index is 1390. The monoisotopic (exact) mass is 492 g/mol. The zero-order valence-electron chi connectivity index (χ0n) is 19.8. The standard InChI is InChI=1S/C27H28N2O5S/c1-32-24-10-5-4-9-23(24)29-35(30,31)18-12-13-22-21(16-18)19-7-6-8-20(19)27(28-22)17-11-14-25(33-2)26(15-17)34-3/h4-7,9-16,19-20,27-29H,8H2,1-3H3/t19-,20+,27+/m0/s1. The highest BCUT2D eigenvalue weighted by molar-refractivity contribution is 7.92. The largest absolute Gasteiger partial charge is 0.495 e. The molecule has 5 rings (SSSR count). The van der Waals surface area contributed by atoms with Gasteiger partial charge in [-0.1, -0.05) is 30.4 Å². The summed E-state index contributed by atoms with van der Waals surface area (Å²) in [6.07, 6.45) is 5.25. The Balaban J connectivity index is 1.48. The maximum absolute atomic E-state index is 13.2. The second-order valence-electron chi connectivity index (χ2n) is 8.64. The van der Waals surface area contributed by atoms with Crippen LogP contribution < -0.4 is 24.2 Å². The Morgan fingerprint density at radius 3 is 2.43 bits per heavy atom. The second kappa shape index (κ2) is 9.19. The van der Waals surface area contributed by atoms with Gasteiger partial charge < -0.3 is 19.5 Å². The Kier molecular flexibility index (Phi) is 6.06. The van der Waals surface area contributed by atoms with Gasteiger partial charge in [0.05, 0.1) is 38.0 Å². The molecule has 0 radical (unpaired) electrons. The van der Waals surface area contributed by atoms with Gasteiger partial charge in [-0.15, -0.1) is 0 Å². The van der Waals surface area contributed by atoms with Crippen LogP contribution in [-0.4, -0.2) is 29.7 Å². The molecule has 3 aromatic carbocycles. The molecule has 3 aromatic rings. The Morgan fingerprint density at radius 2 is 1.66 bits per heavy atom. The van der Waals surface area contributed by atoms with Gasteiger partial charge in [0.1, 0.15) is 5.75 Å². The molecule has 35 heavy (non-hydrogen) atoms. The van der Waals surface area contributed by atoms with Gasteiger partial charge in [-0.3, -0.25) is 4.72 Å². The van der Waals surface area contributed by atoms with Crippen LogP contribution in [0.5, 0.6) is 17.2 Å². The van der Waals surface area contributed by atoms with E-state index in [2.05, 4.69) is 28.3 Å². The fourth-order valence-electron chi connectivity index (χ4n) is 5.05. The molecule has 0 saturated carbocycles. The summed E-state index contributed by atoms with van der Waals surface area (Å²) in [5.41, 5.74) is 3.40. The molecule has 1 aliphatic carbocycles. The Morgan fingerprint density at radius 1 is 0.886 bits per heavy atom. The van der Waals surface area contributed by atoms with E-state index in [0.717, 1.165) is 23.2 Å². The van der Waals surface area contributed by atoms with Gasteiger partial charge >= 0.3 is 0 Å².